The standard InChI is InChI=1S/C8H9N5O2/c9-8(12-13(14)15)11-10-6-7-4-2-1-3-5-7/h1-6H,(H3,9,11,12)/b10-6+. The molecule has 0 aliphatic heterocycles. The van der Waals surface area contributed by atoms with Gasteiger partial charge in [0.15, 0.2) is 5.03 Å². The fourth-order valence-electron chi connectivity index (χ4n) is 0.813. The summed E-state index contributed by atoms with van der Waals surface area (Å²) in [7, 11) is 0. The van der Waals surface area contributed by atoms with E-state index in [0.717, 1.165) is 5.56 Å². The quantitative estimate of drug-likeness (QED) is 0.317. The predicted octanol–water partition coefficient (Wildman–Crippen LogP) is 0.117. The van der Waals surface area contributed by atoms with Crippen LogP contribution in [0.4, 0.5) is 0 Å². The minimum Gasteiger partial charge on any atom is -0.364 e. The topological polar surface area (TPSA) is 106 Å². The summed E-state index contributed by atoms with van der Waals surface area (Å²) >= 11 is 0. The maximum Gasteiger partial charge on any atom is 0.275 e. The van der Waals surface area contributed by atoms with Crippen LogP contribution >= 0.6 is 0 Å². The first kappa shape index (κ1) is 10.6. The number of rotatable bonds is 3. The van der Waals surface area contributed by atoms with Crippen LogP contribution < -0.4 is 11.2 Å². The fourth-order valence-corrected chi connectivity index (χ4v) is 0.813. The molecule has 0 spiro atoms. The summed E-state index contributed by atoms with van der Waals surface area (Å²) in [5, 5.41) is 16.1. The molecule has 0 amide bonds. The second kappa shape index (κ2) is 5.32. The molecule has 1 aromatic carbocycles. The Morgan fingerprint density at radius 3 is 2.73 bits per heavy atom. The van der Waals surface area contributed by atoms with Gasteiger partial charge in [-0.2, -0.15) is 5.10 Å². The molecule has 3 N–H and O–H groups in total. The van der Waals surface area contributed by atoms with E-state index in [-0.39, 0.29) is 5.96 Å². The molecule has 0 aromatic heterocycles. The molecule has 1 rings (SSSR count). The summed E-state index contributed by atoms with van der Waals surface area (Å²) in [6.07, 6.45) is 1.44. The monoisotopic (exact) mass is 207 g/mol. The molecule has 7 nitrogen and oxygen atoms in total. The average molecular weight is 207 g/mol. The first-order valence-electron chi connectivity index (χ1n) is 4.01. The number of hydrogen-bond acceptors (Lipinski definition) is 4. The minimum absolute atomic E-state index is 0.368. The molecule has 0 bridgehead atoms. The van der Waals surface area contributed by atoms with Crippen molar-refractivity contribution >= 4 is 12.2 Å². The average Bonchev–Trinajstić information content (AvgIpc) is 2.18. The van der Waals surface area contributed by atoms with Crippen molar-refractivity contribution in [1.82, 2.24) is 5.43 Å². The van der Waals surface area contributed by atoms with E-state index in [1.165, 1.54) is 6.21 Å². The van der Waals surface area contributed by atoms with Gasteiger partial charge in [-0.25, -0.2) is 10.1 Å². The van der Waals surface area contributed by atoms with Crippen LogP contribution in [0, 0.1) is 10.1 Å². The van der Waals surface area contributed by atoms with Gasteiger partial charge in [-0.05, 0) is 5.56 Å². The Hall–Kier alpha value is -2.44. The van der Waals surface area contributed by atoms with Gasteiger partial charge in [0.05, 0.1) is 6.21 Å². The van der Waals surface area contributed by atoms with Crippen LogP contribution in [0.2, 0.25) is 0 Å². The molecule has 0 unspecified atom stereocenters. The molecule has 0 heterocycles. The number of guanidine groups is 1. The molecule has 0 saturated carbocycles. The molecule has 0 fully saturated rings. The third-order valence-electron chi connectivity index (χ3n) is 1.38. The Balaban J connectivity index is 2.56. The summed E-state index contributed by atoms with van der Waals surface area (Å²) in [4.78, 5) is 9.92. The van der Waals surface area contributed by atoms with Gasteiger partial charge in [-0.15, -0.1) is 5.10 Å². The molecule has 0 radical (unpaired) electrons. The lowest BCUT2D eigenvalue weighted by molar-refractivity contribution is -0.525. The van der Waals surface area contributed by atoms with Crippen LogP contribution in [-0.2, 0) is 0 Å². The molecular formula is C8H9N5O2. The highest BCUT2D eigenvalue weighted by Crippen LogP contribution is 1.93. The number of nitro groups is 1. The van der Waals surface area contributed by atoms with Gasteiger partial charge < -0.3 is 5.73 Å². The summed E-state index contributed by atoms with van der Waals surface area (Å²) in [6, 6.07) is 9.17. The van der Waals surface area contributed by atoms with Crippen LogP contribution in [-0.4, -0.2) is 17.2 Å². The lowest BCUT2D eigenvalue weighted by atomic mass is 10.2. The van der Waals surface area contributed by atoms with Crippen LogP contribution in [0.25, 0.3) is 0 Å². The molecule has 0 aliphatic rings. The Labute approximate surface area is 85.4 Å². The maximum atomic E-state index is 9.92. The second-order valence-corrected chi connectivity index (χ2v) is 2.51. The summed E-state index contributed by atoms with van der Waals surface area (Å²) in [5.74, 6) is -0.368. The Morgan fingerprint density at radius 1 is 1.47 bits per heavy atom. The third-order valence-corrected chi connectivity index (χ3v) is 1.38. The summed E-state index contributed by atoms with van der Waals surface area (Å²) in [5.41, 5.74) is 7.62. The lowest BCUT2D eigenvalue weighted by Crippen LogP contribution is -2.35. The van der Waals surface area contributed by atoms with Crippen molar-refractivity contribution in [3.63, 3.8) is 0 Å². The molecule has 0 atom stereocenters. The fraction of sp³-hybridized carbons (Fsp3) is 0. The van der Waals surface area contributed by atoms with Crippen molar-refractivity contribution in [3.8, 4) is 0 Å². The number of nitrogens with one attached hydrogen (secondary N) is 1. The van der Waals surface area contributed by atoms with Crippen molar-refractivity contribution in [1.29, 1.82) is 0 Å². The number of nitrogens with zero attached hydrogens (tertiary/aromatic N) is 3. The van der Waals surface area contributed by atoms with Crippen molar-refractivity contribution < 1.29 is 5.03 Å². The van der Waals surface area contributed by atoms with Crippen molar-refractivity contribution in [2.45, 2.75) is 0 Å². The zero-order valence-electron chi connectivity index (χ0n) is 7.70. The Morgan fingerprint density at radius 2 is 2.13 bits per heavy atom. The number of hydrogen-bond donors (Lipinski definition) is 2. The second-order valence-electron chi connectivity index (χ2n) is 2.51. The molecule has 1 aromatic rings. The van der Waals surface area contributed by atoms with Crippen LogP contribution in [0.3, 0.4) is 0 Å². The van der Waals surface area contributed by atoms with Crippen molar-refractivity contribution in [2.24, 2.45) is 15.9 Å². The van der Waals surface area contributed by atoms with Gasteiger partial charge in [0.1, 0.15) is 0 Å². The minimum atomic E-state index is -0.809. The van der Waals surface area contributed by atoms with Crippen molar-refractivity contribution in [2.75, 3.05) is 0 Å². The third kappa shape index (κ3) is 4.36. The van der Waals surface area contributed by atoms with E-state index in [2.05, 4.69) is 10.2 Å². The molecule has 0 aliphatic carbocycles. The Bertz CT molecular complexity index is 387. The van der Waals surface area contributed by atoms with Crippen LogP contribution in [0.5, 0.6) is 0 Å². The van der Waals surface area contributed by atoms with E-state index < -0.39 is 5.03 Å². The molecule has 7 heteroatoms. The smallest absolute Gasteiger partial charge is 0.275 e. The van der Waals surface area contributed by atoms with Crippen molar-refractivity contribution in [3.05, 3.63) is 46.0 Å². The van der Waals surface area contributed by atoms with Gasteiger partial charge in [0.25, 0.3) is 5.96 Å². The van der Waals surface area contributed by atoms with Gasteiger partial charge >= 0.3 is 0 Å². The highest BCUT2D eigenvalue weighted by Gasteiger charge is 1.96. The van der Waals surface area contributed by atoms with E-state index in [9.17, 15) is 10.1 Å². The van der Waals surface area contributed by atoms with E-state index >= 15 is 0 Å². The first-order chi connectivity index (χ1) is 7.18. The van der Waals surface area contributed by atoms with Gasteiger partial charge in [-0.1, -0.05) is 35.8 Å². The van der Waals surface area contributed by atoms with E-state index in [0.29, 0.717) is 0 Å². The normalized spacial score (nSPS) is 11.6. The molecule has 78 valence electrons. The zero-order valence-corrected chi connectivity index (χ0v) is 7.70. The molecular weight excluding hydrogens is 198 g/mol. The largest absolute Gasteiger partial charge is 0.364 e. The zero-order chi connectivity index (χ0) is 11.1. The Kier molecular flexibility index (Phi) is 3.78. The molecule has 15 heavy (non-hydrogen) atoms. The summed E-state index contributed by atoms with van der Waals surface area (Å²) in [6.45, 7) is 0. The van der Waals surface area contributed by atoms with Gasteiger partial charge in [0, 0.05) is 0 Å². The number of nitrogens with two attached hydrogens (primary N) is 1. The highest BCUT2D eigenvalue weighted by atomic mass is 16.7. The molecule has 0 saturated heterocycles. The summed E-state index contributed by atoms with van der Waals surface area (Å²) < 4.78 is 0. The highest BCUT2D eigenvalue weighted by molar-refractivity contribution is 5.81. The maximum absolute atomic E-state index is 9.92. The van der Waals surface area contributed by atoms with Gasteiger partial charge in [0.2, 0.25) is 0 Å². The van der Waals surface area contributed by atoms with E-state index in [1.807, 2.05) is 30.3 Å². The van der Waals surface area contributed by atoms with E-state index in [4.69, 9.17) is 5.73 Å². The number of benzene rings is 1. The first-order valence-corrected chi connectivity index (χ1v) is 4.01. The van der Waals surface area contributed by atoms with Crippen LogP contribution in [0.15, 0.2) is 40.5 Å². The lowest BCUT2D eigenvalue weighted by Gasteiger charge is -1.91. The predicted molar refractivity (Wildman–Crippen MR) is 55.8 cm³/mol. The van der Waals surface area contributed by atoms with E-state index in [1.54, 1.807) is 5.43 Å². The number of hydrazine groups is 1. The van der Waals surface area contributed by atoms with Gasteiger partial charge in [-0.3, -0.25) is 0 Å². The van der Waals surface area contributed by atoms with Crippen LogP contribution in [0.1, 0.15) is 5.56 Å². The SMILES string of the molecule is N/C(=N/N=C/c1ccccc1)N[N+](=O)[O-].